The van der Waals surface area contributed by atoms with E-state index in [2.05, 4.69) is 24.0 Å². The van der Waals surface area contributed by atoms with Gasteiger partial charge in [0.25, 0.3) is 0 Å². The summed E-state index contributed by atoms with van der Waals surface area (Å²) in [5, 5.41) is 3.07. The van der Waals surface area contributed by atoms with Crippen molar-refractivity contribution in [3.05, 3.63) is 0 Å². The molecule has 2 heteroatoms. The second-order valence-electron chi connectivity index (χ2n) is 2.18. The van der Waals surface area contributed by atoms with E-state index >= 15 is 0 Å². The number of nitrogens with zero attached hydrogens (tertiary/aromatic N) is 1. The first kappa shape index (κ1) is 8.63. The van der Waals surface area contributed by atoms with E-state index in [0.717, 1.165) is 13.0 Å². The van der Waals surface area contributed by atoms with Gasteiger partial charge < -0.3 is 5.32 Å². The van der Waals surface area contributed by atoms with Gasteiger partial charge in [0, 0.05) is 6.54 Å². The molecule has 0 saturated carbocycles. The van der Waals surface area contributed by atoms with Crippen molar-refractivity contribution in [1.29, 1.82) is 0 Å². The smallest absolute Gasteiger partial charge is 0.0616 e. The van der Waals surface area contributed by atoms with E-state index in [4.69, 9.17) is 0 Å². The third-order valence-corrected chi connectivity index (χ3v) is 1.32. The molecule has 0 aliphatic carbocycles. The Morgan fingerprint density at radius 1 is 1.67 bits per heavy atom. The number of hydrogen-bond acceptors (Lipinski definition) is 2. The largest absolute Gasteiger partial charge is 0.318 e. The molecule has 1 unspecified atom stereocenters. The molecule has 2 nitrogen and oxygen atoms in total. The molecule has 0 spiro atoms. The summed E-state index contributed by atoms with van der Waals surface area (Å²) in [5.74, 6) is 0. The predicted octanol–water partition coefficient (Wildman–Crippen LogP) is 1.08. The molecule has 0 aromatic carbocycles. The highest BCUT2D eigenvalue weighted by Gasteiger charge is 1.99. The molecule has 0 aliphatic heterocycles. The van der Waals surface area contributed by atoms with E-state index in [1.807, 2.05) is 7.05 Å². The zero-order valence-corrected chi connectivity index (χ0v) is 6.35. The molecule has 1 atom stereocenters. The van der Waals surface area contributed by atoms with Gasteiger partial charge in [0.2, 0.25) is 0 Å². The Labute approximate surface area is 57.4 Å². The first-order chi connectivity index (χ1) is 4.35. The highest BCUT2D eigenvalue weighted by Crippen LogP contribution is 1.97. The van der Waals surface area contributed by atoms with Crippen molar-refractivity contribution in [3.8, 4) is 0 Å². The summed E-state index contributed by atoms with van der Waals surface area (Å²) in [5.41, 5.74) is 0. The summed E-state index contributed by atoms with van der Waals surface area (Å²) in [6.07, 6.45) is 2.33. The molecular weight excluding hydrogens is 112 g/mol. The van der Waals surface area contributed by atoms with Gasteiger partial charge in [-0.1, -0.05) is 13.3 Å². The molecule has 0 radical (unpaired) electrons. The molecule has 1 N–H and O–H groups in total. The standard InChI is InChI=1S/C7H16N2/c1-4-5-7(9-3)6-8-2/h7-8H,3-6H2,1-2H3. The maximum atomic E-state index is 3.96. The Hall–Kier alpha value is -0.370. The average molecular weight is 128 g/mol. The van der Waals surface area contributed by atoms with Crippen LogP contribution in [0.4, 0.5) is 0 Å². The minimum absolute atomic E-state index is 0.417. The van der Waals surface area contributed by atoms with Crippen LogP contribution in [0.15, 0.2) is 4.99 Å². The highest BCUT2D eigenvalue weighted by molar-refractivity contribution is 5.24. The summed E-state index contributed by atoms with van der Waals surface area (Å²) in [6.45, 7) is 6.62. The summed E-state index contributed by atoms with van der Waals surface area (Å²) in [4.78, 5) is 3.96. The molecule has 0 aromatic heterocycles. The molecule has 0 fully saturated rings. The summed E-state index contributed by atoms with van der Waals surface area (Å²) >= 11 is 0. The molecule has 54 valence electrons. The van der Waals surface area contributed by atoms with Crippen LogP contribution in [0.25, 0.3) is 0 Å². The summed E-state index contributed by atoms with van der Waals surface area (Å²) in [6, 6.07) is 0.417. The Kier molecular flexibility index (Phi) is 5.52. The predicted molar refractivity (Wildman–Crippen MR) is 42.2 cm³/mol. The highest BCUT2D eigenvalue weighted by atomic mass is 14.9. The zero-order valence-electron chi connectivity index (χ0n) is 6.35. The van der Waals surface area contributed by atoms with Crippen LogP contribution >= 0.6 is 0 Å². The van der Waals surface area contributed by atoms with Gasteiger partial charge in [-0.05, 0) is 20.2 Å². The van der Waals surface area contributed by atoms with Crippen molar-refractivity contribution in [1.82, 2.24) is 5.32 Å². The topological polar surface area (TPSA) is 24.4 Å². The van der Waals surface area contributed by atoms with Crippen molar-refractivity contribution < 1.29 is 0 Å². The lowest BCUT2D eigenvalue weighted by atomic mass is 10.2. The monoisotopic (exact) mass is 128 g/mol. The number of nitrogens with one attached hydrogen (secondary N) is 1. The minimum Gasteiger partial charge on any atom is -0.318 e. The van der Waals surface area contributed by atoms with E-state index in [0.29, 0.717) is 6.04 Å². The van der Waals surface area contributed by atoms with Gasteiger partial charge >= 0.3 is 0 Å². The Balaban J connectivity index is 3.29. The van der Waals surface area contributed by atoms with Gasteiger partial charge in [-0.3, -0.25) is 4.99 Å². The Bertz CT molecular complexity index is 65.3. The van der Waals surface area contributed by atoms with Gasteiger partial charge in [-0.15, -0.1) is 0 Å². The van der Waals surface area contributed by atoms with Crippen LogP contribution in [0.3, 0.4) is 0 Å². The van der Waals surface area contributed by atoms with Gasteiger partial charge in [0.05, 0.1) is 6.04 Å². The minimum atomic E-state index is 0.417. The number of likely N-dealkylation sites (N-methyl/N-ethyl adjacent to an activating group) is 1. The van der Waals surface area contributed by atoms with E-state index in [1.54, 1.807) is 0 Å². The lowest BCUT2D eigenvalue weighted by Gasteiger charge is -2.07. The van der Waals surface area contributed by atoms with E-state index in [-0.39, 0.29) is 0 Å². The van der Waals surface area contributed by atoms with Crippen LogP contribution in [0, 0.1) is 0 Å². The van der Waals surface area contributed by atoms with Gasteiger partial charge in [-0.25, -0.2) is 0 Å². The van der Waals surface area contributed by atoms with Gasteiger partial charge in [-0.2, -0.15) is 0 Å². The van der Waals surface area contributed by atoms with Crippen LogP contribution in [0.1, 0.15) is 19.8 Å². The second-order valence-corrected chi connectivity index (χ2v) is 2.18. The molecule has 0 rings (SSSR count). The van der Waals surface area contributed by atoms with Crippen molar-refractivity contribution in [2.45, 2.75) is 25.8 Å². The fourth-order valence-electron chi connectivity index (χ4n) is 0.827. The van der Waals surface area contributed by atoms with Gasteiger partial charge in [0.15, 0.2) is 0 Å². The lowest BCUT2D eigenvalue weighted by molar-refractivity contribution is 0.574. The quantitative estimate of drug-likeness (QED) is 0.550. The average Bonchev–Trinajstić information content (AvgIpc) is 1.88. The fourth-order valence-corrected chi connectivity index (χ4v) is 0.827. The Morgan fingerprint density at radius 2 is 2.33 bits per heavy atom. The zero-order chi connectivity index (χ0) is 7.11. The molecule has 0 aliphatic rings. The number of hydrogen-bond donors (Lipinski definition) is 1. The first-order valence-electron chi connectivity index (χ1n) is 3.45. The van der Waals surface area contributed by atoms with E-state index in [9.17, 15) is 0 Å². The molecule has 0 heterocycles. The van der Waals surface area contributed by atoms with Crippen LogP contribution < -0.4 is 5.32 Å². The fraction of sp³-hybridized carbons (Fsp3) is 0.857. The second kappa shape index (κ2) is 5.76. The maximum Gasteiger partial charge on any atom is 0.0616 e. The van der Waals surface area contributed by atoms with Gasteiger partial charge in [0.1, 0.15) is 0 Å². The maximum absolute atomic E-state index is 3.96. The van der Waals surface area contributed by atoms with Crippen LogP contribution in [-0.4, -0.2) is 26.4 Å². The number of rotatable bonds is 5. The third kappa shape index (κ3) is 4.15. The van der Waals surface area contributed by atoms with E-state index < -0.39 is 0 Å². The third-order valence-electron chi connectivity index (χ3n) is 1.32. The summed E-state index contributed by atoms with van der Waals surface area (Å²) in [7, 11) is 1.94. The van der Waals surface area contributed by atoms with Crippen LogP contribution in [0.5, 0.6) is 0 Å². The molecule has 9 heavy (non-hydrogen) atoms. The molecular formula is C7H16N2. The van der Waals surface area contributed by atoms with Crippen molar-refractivity contribution in [3.63, 3.8) is 0 Å². The molecule has 0 bridgehead atoms. The Morgan fingerprint density at radius 3 is 2.67 bits per heavy atom. The normalized spacial score (nSPS) is 13.1. The SMILES string of the molecule is C=NC(CCC)CNC. The summed E-state index contributed by atoms with van der Waals surface area (Å²) < 4.78 is 0. The van der Waals surface area contributed by atoms with Crippen LogP contribution in [0.2, 0.25) is 0 Å². The van der Waals surface area contributed by atoms with Crippen molar-refractivity contribution in [2.75, 3.05) is 13.6 Å². The van der Waals surface area contributed by atoms with Crippen molar-refractivity contribution >= 4 is 6.72 Å². The van der Waals surface area contributed by atoms with E-state index in [1.165, 1.54) is 6.42 Å². The van der Waals surface area contributed by atoms with Crippen molar-refractivity contribution in [2.24, 2.45) is 4.99 Å². The first-order valence-corrected chi connectivity index (χ1v) is 3.45. The molecule has 0 aromatic rings. The van der Waals surface area contributed by atoms with Crippen LogP contribution in [-0.2, 0) is 0 Å². The molecule has 0 saturated heterocycles. The number of aliphatic imine (C=N–C) groups is 1. The lowest BCUT2D eigenvalue weighted by Crippen LogP contribution is -2.21. The molecule has 0 amide bonds.